The number of aromatic nitrogens is 5. The molecule has 0 saturated heterocycles. The van der Waals surface area contributed by atoms with Crippen LogP contribution in [0.25, 0.3) is 11.3 Å². The Morgan fingerprint density at radius 3 is 2.54 bits per heavy atom. The van der Waals surface area contributed by atoms with Gasteiger partial charge in [0.15, 0.2) is 5.82 Å². The van der Waals surface area contributed by atoms with Gasteiger partial charge >= 0.3 is 0 Å². The van der Waals surface area contributed by atoms with Crippen molar-refractivity contribution in [3.05, 3.63) is 59.9 Å². The van der Waals surface area contributed by atoms with Gasteiger partial charge in [-0.25, -0.2) is 9.97 Å². The second-order valence-electron chi connectivity index (χ2n) is 5.90. The second kappa shape index (κ2) is 6.31. The van der Waals surface area contributed by atoms with E-state index in [1.807, 2.05) is 31.2 Å². The van der Waals surface area contributed by atoms with Crippen molar-refractivity contribution in [3.8, 4) is 11.3 Å². The van der Waals surface area contributed by atoms with Gasteiger partial charge in [0.05, 0.1) is 11.4 Å². The van der Waals surface area contributed by atoms with Crippen molar-refractivity contribution in [2.45, 2.75) is 19.8 Å². The van der Waals surface area contributed by atoms with Crippen LogP contribution in [0.2, 0.25) is 0 Å². The Bertz CT molecular complexity index is 832. The van der Waals surface area contributed by atoms with Crippen LogP contribution in [-0.4, -0.2) is 38.2 Å². The lowest BCUT2D eigenvalue weighted by atomic mass is 10.0. The zero-order valence-electron chi connectivity index (χ0n) is 13.6. The van der Waals surface area contributed by atoms with Gasteiger partial charge < -0.3 is 4.90 Å². The monoisotopic (exact) mass is 318 g/mol. The summed E-state index contributed by atoms with van der Waals surface area (Å²) in [6.07, 6.45) is 7.04. The minimum absolute atomic E-state index is 0.880. The molecule has 0 radical (unpaired) electrons. The van der Waals surface area contributed by atoms with E-state index in [0.717, 1.165) is 54.4 Å². The van der Waals surface area contributed by atoms with Gasteiger partial charge in [-0.05, 0) is 37.6 Å². The molecule has 0 spiro atoms. The fourth-order valence-corrected chi connectivity index (χ4v) is 3.07. The van der Waals surface area contributed by atoms with E-state index in [1.54, 1.807) is 18.7 Å². The molecule has 6 nitrogen and oxygen atoms in total. The van der Waals surface area contributed by atoms with Crippen molar-refractivity contribution < 1.29 is 0 Å². The van der Waals surface area contributed by atoms with E-state index in [1.165, 1.54) is 5.56 Å². The normalized spacial score (nSPS) is 14.1. The maximum absolute atomic E-state index is 4.53. The zero-order valence-corrected chi connectivity index (χ0v) is 13.6. The predicted octanol–water partition coefficient (Wildman–Crippen LogP) is 2.24. The molecule has 0 aromatic carbocycles. The van der Waals surface area contributed by atoms with E-state index >= 15 is 0 Å². The number of nitrogens with zero attached hydrogens (tertiary/aromatic N) is 6. The van der Waals surface area contributed by atoms with Crippen LogP contribution in [0.5, 0.6) is 0 Å². The van der Waals surface area contributed by atoms with Gasteiger partial charge in [-0.3, -0.25) is 4.98 Å². The molecule has 0 unspecified atom stereocenters. The van der Waals surface area contributed by atoms with Crippen molar-refractivity contribution in [3.63, 3.8) is 0 Å². The standard InChI is InChI=1S/C18H18N6/c1-13-2-3-17(23-22-13)24-10-6-15-16(7-11-24)20-12-21-18(15)14-4-8-19-9-5-14/h2-5,8-9,12H,6-7,10-11H2,1H3. The van der Waals surface area contributed by atoms with Crippen molar-refractivity contribution in [2.75, 3.05) is 18.0 Å². The van der Waals surface area contributed by atoms with Crippen molar-refractivity contribution in [2.24, 2.45) is 0 Å². The van der Waals surface area contributed by atoms with Gasteiger partial charge in [-0.2, -0.15) is 5.10 Å². The Hall–Kier alpha value is -2.89. The minimum Gasteiger partial charge on any atom is -0.354 e. The Morgan fingerprint density at radius 1 is 0.917 bits per heavy atom. The summed E-state index contributed by atoms with van der Waals surface area (Å²) in [6.45, 7) is 3.72. The lowest BCUT2D eigenvalue weighted by Gasteiger charge is -2.20. The molecule has 4 heterocycles. The van der Waals surface area contributed by atoms with Crippen LogP contribution in [0.1, 0.15) is 17.0 Å². The van der Waals surface area contributed by atoms with Gasteiger partial charge in [-0.15, -0.1) is 5.10 Å². The molecule has 0 aliphatic carbocycles. The van der Waals surface area contributed by atoms with Gasteiger partial charge in [0.2, 0.25) is 0 Å². The first-order chi connectivity index (χ1) is 11.8. The molecule has 0 N–H and O–H groups in total. The first-order valence-electron chi connectivity index (χ1n) is 8.10. The van der Waals surface area contributed by atoms with Crippen molar-refractivity contribution in [1.29, 1.82) is 0 Å². The van der Waals surface area contributed by atoms with E-state index in [-0.39, 0.29) is 0 Å². The molecule has 0 fully saturated rings. The molecule has 3 aromatic heterocycles. The van der Waals surface area contributed by atoms with E-state index in [0.29, 0.717) is 0 Å². The van der Waals surface area contributed by atoms with Crippen molar-refractivity contribution >= 4 is 5.82 Å². The van der Waals surface area contributed by atoms with E-state index < -0.39 is 0 Å². The summed E-state index contributed by atoms with van der Waals surface area (Å²) in [6, 6.07) is 8.03. The number of anilines is 1. The highest BCUT2D eigenvalue weighted by atomic mass is 15.3. The second-order valence-corrected chi connectivity index (χ2v) is 5.90. The highest BCUT2D eigenvalue weighted by molar-refractivity contribution is 5.63. The summed E-state index contributed by atoms with van der Waals surface area (Å²) in [5.74, 6) is 0.923. The highest BCUT2D eigenvalue weighted by Crippen LogP contribution is 2.26. The molecule has 4 rings (SSSR count). The molecule has 6 heteroatoms. The molecular formula is C18H18N6. The SMILES string of the molecule is Cc1ccc(N2CCc3ncnc(-c4ccncc4)c3CC2)nn1. The smallest absolute Gasteiger partial charge is 0.151 e. The topological polar surface area (TPSA) is 67.7 Å². The summed E-state index contributed by atoms with van der Waals surface area (Å²) >= 11 is 0. The highest BCUT2D eigenvalue weighted by Gasteiger charge is 2.20. The number of hydrogen-bond acceptors (Lipinski definition) is 6. The maximum atomic E-state index is 4.53. The number of pyridine rings is 1. The lowest BCUT2D eigenvalue weighted by Crippen LogP contribution is -2.27. The molecule has 1 aliphatic heterocycles. The number of aryl methyl sites for hydroxylation is 1. The van der Waals surface area contributed by atoms with E-state index in [9.17, 15) is 0 Å². The number of rotatable bonds is 2. The fourth-order valence-electron chi connectivity index (χ4n) is 3.07. The van der Waals surface area contributed by atoms with Gasteiger partial charge in [0, 0.05) is 48.7 Å². The van der Waals surface area contributed by atoms with Crippen molar-refractivity contribution in [1.82, 2.24) is 25.1 Å². The third-order valence-corrected chi connectivity index (χ3v) is 4.35. The molecule has 0 amide bonds. The Morgan fingerprint density at radius 2 is 1.75 bits per heavy atom. The first-order valence-corrected chi connectivity index (χ1v) is 8.10. The summed E-state index contributed by atoms with van der Waals surface area (Å²) in [7, 11) is 0. The average Bonchev–Trinajstić information content (AvgIpc) is 2.86. The quantitative estimate of drug-likeness (QED) is 0.722. The first kappa shape index (κ1) is 14.7. The summed E-state index contributed by atoms with van der Waals surface area (Å²) in [5.41, 5.74) is 5.39. The number of fused-ring (bicyclic) bond motifs is 1. The lowest BCUT2D eigenvalue weighted by molar-refractivity contribution is 0.771. The maximum Gasteiger partial charge on any atom is 0.151 e. The zero-order chi connectivity index (χ0) is 16.4. The van der Waals surface area contributed by atoms with E-state index in [4.69, 9.17) is 0 Å². The Balaban J connectivity index is 1.65. The number of hydrogen-bond donors (Lipinski definition) is 0. The van der Waals surface area contributed by atoms with Crippen LogP contribution in [0.4, 0.5) is 5.82 Å². The van der Waals surface area contributed by atoms with Crippen LogP contribution >= 0.6 is 0 Å². The summed E-state index contributed by atoms with van der Waals surface area (Å²) < 4.78 is 0. The van der Waals surface area contributed by atoms with E-state index in [2.05, 4.69) is 30.0 Å². The largest absolute Gasteiger partial charge is 0.354 e. The van der Waals surface area contributed by atoms with Gasteiger partial charge in [0.25, 0.3) is 0 Å². The third-order valence-electron chi connectivity index (χ3n) is 4.35. The van der Waals surface area contributed by atoms with Crippen LogP contribution in [0.15, 0.2) is 43.0 Å². The van der Waals surface area contributed by atoms with Gasteiger partial charge in [0.1, 0.15) is 6.33 Å². The molecule has 120 valence electrons. The van der Waals surface area contributed by atoms with Crippen LogP contribution in [-0.2, 0) is 12.8 Å². The summed E-state index contributed by atoms with van der Waals surface area (Å²) in [4.78, 5) is 15.4. The molecule has 0 bridgehead atoms. The fraction of sp³-hybridized carbons (Fsp3) is 0.278. The summed E-state index contributed by atoms with van der Waals surface area (Å²) in [5, 5.41) is 8.49. The molecule has 0 saturated carbocycles. The Labute approximate surface area is 140 Å². The van der Waals surface area contributed by atoms with Crippen LogP contribution in [0.3, 0.4) is 0 Å². The molecule has 24 heavy (non-hydrogen) atoms. The molecule has 3 aromatic rings. The average molecular weight is 318 g/mol. The predicted molar refractivity (Wildman–Crippen MR) is 91.7 cm³/mol. The molecule has 1 aliphatic rings. The Kier molecular flexibility index (Phi) is 3.86. The molecule has 0 atom stereocenters. The van der Waals surface area contributed by atoms with Crippen LogP contribution < -0.4 is 4.90 Å². The minimum atomic E-state index is 0.880. The van der Waals surface area contributed by atoms with Gasteiger partial charge in [-0.1, -0.05) is 0 Å². The third kappa shape index (κ3) is 2.82. The molecular weight excluding hydrogens is 300 g/mol. The van der Waals surface area contributed by atoms with Crippen LogP contribution in [0, 0.1) is 6.92 Å².